The number of hydrogen-bond donors (Lipinski definition) is 1. The van der Waals surface area contributed by atoms with Gasteiger partial charge < -0.3 is 5.32 Å². The summed E-state index contributed by atoms with van der Waals surface area (Å²) in [5.74, 6) is 0. The molecule has 2 rings (SSSR count). The molecule has 0 aliphatic heterocycles. The lowest BCUT2D eigenvalue weighted by Crippen LogP contribution is -2.05. The molecule has 0 bridgehead atoms. The summed E-state index contributed by atoms with van der Waals surface area (Å²) in [4.78, 5) is 0. The van der Waals surface area contributed by atoms with E-state index in [4.69, 9.17) is 11.6 Å². The average molecular weight is 246 g/mol. The monoisotopic (exact) mass is 245 g/mol. The van der Waals surface area contributed by atoms with Crippen LogP contribution >= 0.6 is 11.6 Å². The van der Waals surface area contributed by atoms with Crippen LogP contribution in [0.15, 0.2) is 42.5 Å². The van der Waals surface area contributed by atoms with Crippen LogP contribution in [0.25, 0.3) is 11.1 Å². The minimum atomic E-state index is 0.799. The van der Waals surface area contributed by atoms with E-state index in [2.05, 4.69) is 48.6 Å². The predicted molar refractivity (Wildman–Crippen MR) is 74.4 cm³/mol. The van der Waals surface area contributed by atoms with Crippen LogP contribution in [0.1, 0.15) is 11.1 Å². The van der Waals surface area contributed by atoms with Gasteiger partial charge in [0, 0.05) is 11.6 Å². The maximum absolute atomic E-state index is 6.26. The average Bonchev–Trinajstić information content (AvgIpc) is 2.32. The van der Waals surface area contributed by atoms with E-state index in [1.165, 1.54) is 16.7 Å². The second kappa shape index (κ2) is 5.35. The molecule has 0 amide bonds. The molecule has 2 heteroatoms. The van der Waals surface area contributed by atoms with Crippen molar-refractivity contribution in [2.75, 3.05) is 7.05 Å². The van der Waals surface area contributed by atoms with Gasteiger partial charge in [0.2, 0.25) is 0 Å². The summed E-state index contributed by atoms with van der Waals surface area (Å²) in [6.45, 7) is 2.90. The van der Waals surface area contributed by atoms with Crippen LogP contribution in [-0.4, -0.2) is 7.05 Å². The summed E-state index contributed by atoms with van der Waals surface area (Å²) in [6, 6.07) is 14.7. The highest BCUT2D eigenvalue weighted by Gasteiger charge is 2.03. The van der Waals surface area contributed by atoms with E-state index in [0.717, 1.165) is 17.1 Å². The molecule has 0 atom stereocenters. The van der Waals surface area contributed by atoms with E-state index in [-0.39, 0.29) is 0 Å². The zero-order chi connectivity index (χ0) is 12.3. The van der Waals surface area contributed by atoms with Crippen LogP contribution < -0.4 is 5.32 Å². The van der Waals surface area contributed by atoms with Crippen LogP contribution in [0.5, 0.6) is 0 Å². The van der Waals surface area contributed by atoms with Crippen molar-refractivity contribution in [3.63, 3.8) is 0 Å². The summed E-state index contributed by atoms with van der Waals surface area (Å²) in [6.07, 6.45) is 0. The number of aryl methyl sites for hydroxylation is 1. The van der Waals surface area contributed by atoms with Gasteiger partial charge in [-0.15, -0.1) is 0 Å². The molecule has 0 aromatic heterocycles. The zero-order valence-corrected chi connectivity index (χ0v) is 10.9. The lowest BCUT2D eigenvalue weighted by atomic mass is 10.0. The zero-order valence-electron chi connectivity index (χ0n) is 10.1. The van der Waals surface area contributed by atoms with Crippen molar-refractivity contribution in [3.05, 3.63) is 58.6 Å². The van der Waals surface area contributed by atoms with Crippen LogP contribution in [0.3, 0.4) is 0 Å². The summed E-state index contributed by atoms with van der Waals surface area (Å²) < 4.78 is 0. The van der Waals surface area contributed by atoms with Gasteiger partial charge in [0.15, 0.2) is 0 Å². The van der Waals surface area contributed by atoms with Gasteiger partial charge in [-0.3, -0.25) is 0 Å². The minimum Gasteiger partial charge on any atom is -0.316 e. The van der Waals surface area contributed by atoms with Crippen LogP contribution in [0.4, 0.5) is 0 Å². The Bertz CT molecular complexity index is 520. The Morgan fingerprint density at radius 1 is 1.06 bits per heavy atom. The quantitative estimate of drug-likeness (QED) is 0.861. The summed E-state index contributed by atoms with van der Waals surface area (Å²) in [5.41, 5.74) is 4.77. The molecular formula is C15H16ClN. The molecule has 0 spiro atoms. The smallest absolute Gasteiger partial charge is 0.0457 e. The minimum absolute atomic E-state index is 0.799. The highest BCUT2D eigenvalue weighted by Crippen LogP contribution is 2.26. The van der Waals surface area contributed by atoms with E-state index in [1.807, 2.05) is 13.1 Å². The van der Waals surface area contributed by atoms with Gasteiger partial charge in [0.1, 0.15) is 0 Å². The molecule has 2 aromatic rings. The normalized spacial score (nSPS) is 10.5. The van der Waals surface area contributed by atoms with Gasteiger partial charge in [0.25, 0.3) is 0 Å². The molecule has 17 heavy (non-hydrogen) atoms. The van der Waals surface area contributed by atoms with Gasteiger partial charge >= 0.3 is 0 Å². The van der Waals surface area contributed by atoms with Gasteiger partial charge in [-0.2, -0.15) is 0 Å². The SMILES string of the molecule is CNCc1ccc(-c2cccc(C)c2)cc1Cl. The largest absolute Gasteiger partial charge is 0.316 e. The molecule has 0 heterocycles. The Labute approximate surface area is 107 Å². The molecule has 0 fully saturated rings. The predicted octanol–water partition coefficient (Wildman–Crippen LogP) is 4.03. The fraction of sp³-hybridized carbons (Fsp3) is 0.200. The third-order valence-corrected chi connectivity index (χ3v) is 3.12. The molecule has 2 aromatic carbocycles. The Hall–Kier alpha value is -1.31. The summed E-state index contributed by atoms with van der Waals surface area (Å²) in [5, 5.41) is 3.93. The highest BCUT2D eigenvalue weighted by atomic mass is 35.5. The van der Waals surface area contributed by atoms with Crippen LogP contribution in [0.2, 0.25) is 5.02 Å². The third kappa shape index (κ3) is 2.87. The van der Waals surface area contributed by atoms with E-state index in [1.54, 1.807) is 0 Å². The van der Waals surface area contributed by atoms with Gasteiger partial charge in [-0.05, 0) is 36.7 Å². The molecule has 88 valence electrons. The Morgan fingerprint density at radius 2 is 1.82 bits per heavy atom. The number of halogens is 1. The molecule has 0 saturated heterocycles. The maximum atomic E-state index is 6.26. The number of nitrogens with one attached hydrogen (secondary N) is 1. The lowest BCUT2D eigenvalue weighted by Gasteiger charge is -2.07. The van der Waals surface area contributed by atoms with Crippen molar-refractivity contribution in [2.45, 2.75) is 13.5 Å². The summed E-state index contributed by atoms with van der Waals surface area (Å²) >= 11 is 6.26. The van der Waals surface area contributed by atoms with Crippen molar-refractivity contribution in [3.8, 4) is 11.1 Å². The second-order valence-corrected chi connectivity index (χ2v) is 4.61. The van der Waals surface area contributed by atoms with E-state index >= 15 is 0 Å². The summed E-state index contributed by atoms with van der Waals surface area (Å²) in [7, 11) is 1.92. The Balaban J connectivity index is 2.37. The van der Waals surface area contributed by atoms with Gasteiger partial charge in [-0.25, -0.2) is 0 Å². The van der Waals surface area contributed by atoms with E-state index in [9.17, 15) is 0 Å². The lowest BCUT2D eigenvalue weighted by molar-refractivity contribution is 0.818. The van der Waals surface area contributed by atoms with Gasteiger partial charge in [-0.1, -0.05) is 53.6 Å². The standard InChI is InChI=1S/C15H16ClN/c1-11-4-3-5-12(8-11)13-6-7-14(10-17-2)15(16)9-13/h3-9,17H,10H2,1-2H3. The number of hydrogen-bond acceptors (Lipinski definition) is 1. The Morgan fingerprint density at radius 3 is 2.47 bits per heavy atom. The number of benzene rings is 2. The topological polar surface area (TPSA) is 12.0 Å². The van der Waals surface area contributed by atoms with Crippen LogP contribution in [0, 0.1) is 6.92 Å². The fourth-order valence-corrected chi connectivity index (χ4v) is 2.13. The molecule has 0 saturated carbocycles. The molecule has 0 aliphatic rings. The van der Waals surface area contributed by atoms with Crippen molar-refractivity contribution in [1.82, 2.24) is 5.32 Å². The van der Waals surface area contributed by atoms with E-state index in [0.29, 0.717) is 0 Å². The van der Waals surface area contributed by atoms with Gasteiger partial charge in [0.05, 0.1) is 0 Å². The third-order valence-electron chi connectivity index (χ3n) is 2.77. The van der Waals surface area contributed by atoms with Crippen molar-refractivity contribution < 1.29 is 0 Å². The number of rotatable bonds is 3. The molecule has 0 unspecified atom stereocenters. The van der Waals surface area contributed by atoms with Crippen molar-refractivity contribution in [2.24, 2.45) is 0 Å². The first-order chi connectivity index (χ1) is 8.20. The molecule has 0 radical (unpaired) electrons. The second-order valence-electron chi connectivity index (χ2n) is 4.21. The molecular weight excluding hydrogens is 230 g/mol. The van der Waals surface area contributed by atoms with E-state index < -0.39 is 0 Å². The fourth-order valence-electron chi connectivity index (χ4n) is 1.89. The molecule has 1 nitrogen and oxygen atoms in total. The van der Waals surface area contributed by atoms with Crippen molar-refractivity contribution in [1.29, 1.82) is 0 Å². The first-order valence-electron chi connectivity index (χ1n) is 5.71. The molecule has 0 aliphatic carbocycles. The highest BCUT2D eigenvalue weighted by molar-refractivity contribution is 6.31. The molecule has 1 N–H and O–H groups in total. The first kappa shape index (κ1) is 12.2. The Kier molecular flexibility index (Phi) is 3.82. The maximum Gasteiger partial charge on any atom is 0.0457 e. The van der Waals surface area contributed by atoms with Crippen molar-refractivity contribution >= 4 is 11.6 Å². The van der Waals surface area contributed by atoms with Crippen LogP contribution in [-0.2, 0) is 6.54 Å². The first-order valence-corrected chi connectivity index (χ1v) is 6.08.